The van der Waals surface area contributed by atoms with Gasteiger partial charge >= 0.3 is 11.9 Å². The van der Waals surface area contributed by atoms with Crippen molar-refractivity contribution in [1.82, 2.24) is 4.98 Å². The summed E-state index contributed by atoms with van der Waals surface area (Å²) < 4.78 is 4.62. The van der Waals surface area contributed by atoms with Crippen LogP contribution in [0.4, 0.5) is 0 Å². The molecule has 0 fully saturated rings. The molecule has 0 aliphatic heterocycles. The van der Waals surface area contributed by atoms with E-state index in [9.17, 15) is 9.59 Å². The Morgan fingerprint density at radius 1 is 1.62 bits per heavy atom. The maximum Gasteiger partial charge on any atom is 0.341 e. The van der Waals surface area contributed by atoms with Crippen molar-refractivity contribution >= 4 is 11.9 Å². The number of ether oxygens (including phenoxy) is 1. The van der Waals surface area contributed by atoms with E-state index >= 15 is 0 Å². The molecule has 5 heteroatoms. The lowest BCUT2D eigenvalue weighted by molar-refractivity contribution is -0.131. The van der Waals surface area contributed by atoms with Gasteiger partial charge in [-0.15, -0.1) is 0 Å². The van der Waals surface area contributed by atoms with Crippen molar-refractivity contribution in [3.05, 3.63) is 24.0 Å². The van der Waals surface area contributed by atoms with Gasteiger partial charge in [-0.3, -0.25) is 9.78 Å². The highest BCUT2D eigenvalue weighted by Gasteiger charge is 2.12. The fraction of sp³-hybridized carbons (Fsp3) is 0.125. The Balaban J connectivity index is 3.04. The Kier molecular flexibility index (Phi) is 2.59. The number of aromatic carboxylic acids is 1. The summed E-state index contributed by atoms with van der Waals surface area (Å²) in [6.07, 6.45) is 3.44. The topological polar surface area (TPSA) is 76.5 Å². The number of carbonyl (C=O) groups excluding carboxylic acids is 1. The fourth-order valence-electron chi connectivity index (χ4n) is 0.739. The van der Waals surface area contributed by atoms with Crippen LogP contribution in [0.5, 0.6) is 5.75 Å². The smallest absolute Gasteiger partial charge is 0.341 e. The van der Waals surface area contributed by atoms with Crippen LogP contribution in [0, 0.1) is 6.20 Å². The predicted octanol–water partition coefficient (Wildman–Crippen LogP) is 0.505. The molecule has 1 N–H and O–H groups in total. The zero-order chi connectivity index (χ0) is 9.84. The van der Waals surface area contributed by atoms with Crippen molar-refractivity contribution in [2.75, 3.05) is 0 Å². The first-order chi connectivity index (χ1) is 6.11. The molecule has 67 valence electrons. The Morgan fingerprint density at radius 2 is 2.31 bits per heavy atom. The molecule has 13 heavy (non-hydrogen) atoms. The molecule has 0 unspecified atom stereocenters. The highest BCUT2D eigenvalue weighted by Crippen LogP contribution is 2.15. The van der Waals surface area contributed by atoms with Crippen molar-refractivity contribution in [2.24, 2.45) is 0 Å². The maximum atomic E-state index is 10.6. The first-order valence-electron chi connectivity index (χ1n) is 3.39. The van der Waals surface area contributed by atoms with Crippen molar-refractivity contribution in [3.63, 3.8) is 0 Å². The van der Waals surface area contributed by atoms with Crippen LogP contribution in [0.15, 0.2) is 12.3 Å². The number of rotatable bonds is 2. The lowest BCUT2D eigenvalue weighted by Gasteiger charge is -2.02. The molecule has 0 aliphatic carbocycles. The number of nitrogens with zero attached hydrogens (tertiary/aromatic N) is 1. The Bertz CT molecular complexity index is 348. The van der Waals surface area contributed by atoms with Gasteiger partial charge in [0.15, 0.2) is 0 Å². The van der Waals surface area contributed by atoms with E-state index in [-0.39, 0.29) is 11.3 Å². The summed E-state index contributed by atoms with van der Waals surface area (Å²) in [5, 5.41) is 8.63. The van der Waals surface area contributed by atoms with Gasteiger partial charge in [-0.2, -0.15) is 0 Å². The summed E-state index contributed by atoms with van der Waals surface area (Å²) in [5.41, 5.74) is -0.158. The van der Waals surface area contributed by atoms with Crippen LogP contribution in [-0.2, 0) is 4.79 Å². The van der Waals surface area contributed by atoms with Gasteiger partial charge in [-0.05, 0) is 0 Å². The normalized spacial score (nSPS) is 9.31. The van der Waals surface area contributed by atoms with Crippen molar-refractivity contribution in [3.8, 4) is 5.75 Å². The van der Waals surface area contributed by atoms with E-state index in [4.69, 9.17) is 5.11 Å². The summed E-state index contributed by atoms with van der Waals surface area (Å²) in [6.45, 7) is 1.19. The Labute approximate surface area is 74.0 Å². The number of hydrogen-bond donors (Lipinski definition) is 1. The van der Waals surface area contributed by atoms with E-state index < -0.39 is 11.9 Å². The molecule has 0 saturated heterocycles. The highest BCUT2D eigenvalue weighted by molar-refractivity contribution is 5.91. The number of carboxylic acids is 1. The molecule has 1 radical (unpaired) electrons. The molecule has 0 spiro atoms. The van der Waals surface area contributed by atoms with Crippen LogP contribution in [0.3, 0.4) is 0 Å². The van der Waals surface area contributed by atoms with E-state index in [0.29, 0.717) is 0 Å². The van der Waals surface area contributed by atoms with Crippen molar-refractivity contribution < 1.29 is 19.4 Å². The Morgan fingerprint density at radius 3 is 2.85 bits per heavy atom. The van der Waals surface area contributed by atoms with E-state index in [2.05, 4.69) is 15.9 Å². The number of aromatic nitrogens is 1. The number of carboxylic acid groups (broad SMARTS) is 1. The lowest BCUT2D eigenvalue weighted by Crippen LogP contribution is -2.07. The van der Waals surface area contributed by atoms with E-state index in [1.165, 1.54) is 13.0 Å². The fourth-order valence-corrected chi connectivity index (χ4v) is 0.739. The number of pyridine rings is 1. The van der Waals surface area contributed by atoms with Gasteiger partial charge < -0.3 is 9.84 Å². The standard InChI is InChI=1S/C8H6NO4/c1-5(10)13-7-2-3-9-4-6(7)8(11)12/h2,4H,1H3,(H,11,12). The third kappa shape index (κ3) is 2.26. The van der Waals surface area contributed by atoms with Crippen LogP contribution in [0.25, 0.3) is 0 Å². The minimum Gasteiger partial charge on any atom is -0.477 e. The monoisotopic (exact) mass is 180 g/mol. The predicted molar refractivity (Wildman–Crippen MR) is 41.3 cm³/mol. The minimum absolute atomic E-state index is 0.0463. The SMILES string of the molecule is CC(=O)Oc1c[c]ncc1C(=O)O. The van der Waals surface area contributed by atoms with Crippen molar-refractivity contribution in [1.29, 1.82) is 0 Å². The van der Waals surface area contributed by atoms with Crippen LogP contribution < -0.4 is 4.74 Å². The molecular weight excluding hydrogens is 174 g/mol. The number of esters is 1. The first kappa shape index (κ1) is 9.18. The lowest BCUT2D eigenvalue weighted by atomic mass is 10.2. The third-order valence-corrected chi connectivity index (χ3v) is 1.21. The summed E-state index contributed by atoms with van der Waals surface area (Å²) in [5.74, 6) is -1.82. The molecule has 1 aromatic heterocycles. The van der Waals surface area contributed by atoms with Crippen LogP contribution >= 0.6 is 0 Å². The maximum absolute atomic E-state index is 10.6. The van der Waals surface area contributed by atoms with Gasteiger partial charge in [0.1, 0.15) is 11.3 Å². The molecule has 0 aliphatic rings. The molecule has 0 bridgehead atoms. The molecule has 1 rings (SSSR count). The van der Waals surface area contributed by atoms with E-state index in [0.717, 1.165) is 6.20 Å². The van der Waals surface area contributed by atoms with Gasteiger partial charge in [-0.1, -0.05) is 0 Å². The second-order valence-corrected chi connectivity index (χ2v) is 2.21. The van der Waals surface area contributed by atoms with Gasteiger partial charge in [-0.25, -0.2) is 4.79 Å². The molecule has 0 aromatic carbocycles. The minimum atomic E-state index is -1.20. The summed E-state index contributed by atoms with van der Waals surface area (Å²) in [6, 6.07) is 1.20. The zero-order valence-electron chi connectivity index (χ0n) is 6.77. The molecule has 1 heterocycles. The second-order valence-electron chi connectivity index (χ2n) is 2.21. The molecule has 5 nitrogen and oxygen atoms in total. The van der Waals surface area contributed by atoms with Gasteiger partial charge in [0.25, 0.3) is 0 Å². The zero-order valence-corrected chi connectivity index (χ0v) is 6.77. The molecule has 1 aromatic rings. The summed E-state index contributed by atoms with van der Waals surface area (Å²) in [7, 11) is 0. The molecule has 0 atom stereocenters. The highest BCUT2D eigenvalue weighted by atomic mass is 16.5. The molecule has 0 amide bonds. The van der Waals surface area contributed by atoms with Crippen LogP contribution in [0.1, 0.15) is 17.3 Å². The average molecular weight is 180 g/mol. The van der Waals surface area contributed by atoms with Gasteiger partial charge in [0.2, 0.25) is 0 Å². The second kappa shape index (κ2) is 3.66. The van der Waals surface area contributed by atoms with Gasteiger partial charge in [0, 0.05) is 19.2 Å². The summed E-state index contributed by atoms with van der Waals surface area (Å²) in [4.78, 5) is 24.6. The number of hydrogen-bond acceptors (Lipinski definition) is 4. The third-order valence-electron chi connectivity index (χ3n) is 1.21. The van der Waals surface area contributed by atoms with Crippen LogP contribution in [-0.4, -0.2) is 22.0 Å². The Hall–Kier alpha value is -1.91. The average Bonchev–Trinajstić information content (AvgIpc) is 2.03. The first-order valence-corrected chi connectivity index (χ1v) is 3.39. The summed E-state index contributed by atoms with van der Waals surface area (Å²) >= 11 is 0. The van der Waals surface area contributed by atoms with Gasteiger partial charge in [0.05, 0.1) is 6.20 Å². The van der Waals surface area contributed by atoms with E-state index in [1.54, 1.807) is 0 Å². The molecule has 0 saturated carbocycles. The molecular formula is C8H6NO4. The number of carbonyl (C=O) groups is 2. The van der Waals surface area contributed by atoms with E-state index in [1.807, 2.05) is 0 Å². The van der Waals surface area contributed by atoms with Crippen LogP contribution in [0.2, 0.25) is 0 Å². The van der Waals surface area contributed by atoms with Crippen molar-refractivity contribution in [2.45, 2.75) is 6.92 Å². The quantitative estimate of drug-likeness (QED) is 0.671. The largest absolute Gasteiger partial charge is 0.477 e.